The third-order valence-corrected chi connectivity index (χ3v) is 4.98. The zero-order chi connectivity index (χ0) is 19.3. The van der Waals surface area contributed by atoms with Crippen LogP contribution < -0.4 is 10.1 Å². The smallest absolute Gasteiger partial charge is 0.263 e. The number of hydrogen-bond acceptors (Lipinski definition) is 4. The first-order valence-electron chi connectivity index (χ1n) is 9.34. The Kier molecular flexibility index (Phi) is 7.01. The number of nitrogens with zero attached hydrogens (tertiary/aromatic N) is 2. The SMILES string of the molecule is CC(C)C(CNC(=O)C(C)(C)Oc1ccc(F)cc1)N1CCN(C)CC1. The maximum atomic E-state index is 13.0. The van der Waals surface area contributed by atoms with Crippen molar-refractivity contribution in [2.45, 2.75) is 39.3 Å². The molecule has 1 unspecified atom stereocenters. The van der Waals surface area contributed by atoms with Crippen LogP contribution >= 0.6 is 0 Å². The second kappa shape index (κ2) is 8.82. The maximum Gasteiger partial charge on any atom is 0.263 e. The summed E-state index contributed by atoms with van der Waals surface area (Å²) >= 11 is 0. The quantitative estimate of drug-likeness (QED) is 0.806. The van der Waals surface area contributed by atoms with Crippen molar-refractivity contribution < 1.29 is 13.9 Å². The molecule has 0 bridgehead atoms. The highest BCUT2D eigenvalue weighted by atomic mass is 19.1. The highest BCUT2D eigenvalue weighted by molar-refractivity contribution is 5.84. The summed E-state index contributed by atoms with van der Waals surface area (Å²) in [5, 5.41) is 3.05. The Morgan fingerprint density at radius 3 is 2.31 bits per heavy atom. The van der Waals surface area contributed by atoms with Crippen LogP contribution in [0.5, 0.6) is 5.75 Å². The van der Waals surface area contributed by atoms with Crippen molar-refractivity contribution in [1.29, 1.82) is 0 Å². The number of halogens is 1. The zero-order valence-electron chi connectivity index (χ0n) is 16.6. The molecule has 1 aliphatic rings. The molecule has 0 aliphatic carbocycles. The summed E-state index contributed by atoms with van der Waals surface area (Å²) in [4.78, 5) is 17.4. The van der Waals surface area contributed by atoms with Gasteiger partial charge in [0.2, 0.25) is 0 Å². The van der Waals surface area contributed by atoms with Crippen molar-refractivity contribution in [3.63, 3.8) is 0 Å². The number of amides is 1. The molecular formula is C20H32FN3O2. The Hall–Kier alpha value is -1.66. The molecule has 146 valence electrons. The molecule has 1 fully saturated rings. The minimum atomic E-state index is -1.03. The molecule has 0 radical (unpaired) electrons. The van der Waals surface area contributed by atoms with Crippen LogP contribution in [0.15, 0.2) is 24.3 Å². The topological polar surface area (TPSA) is 44.8 Å². The molecule has 1 saturated heterocycles. The van der Waals surface area contributed by atoms with Gasteiger partial charge in [-0.15, -0.1) is 0 Å². The third-order valence-electron chi connectivity index (χ3n) is 4.98. The number of carbonyl (C=O) groups excluding carboxylic acids is 1. The van der Waals surface area contributed by atoms with Crippen molar-refractivity contribution in [2.75, 3.05) is 39.8 Å². The summed E-state index contributed by atoms with van der Waals surface area (Å²) in [6.45, 7) is 12.6. The van der Waals surface area contributed by atoms with Crippen molar-refractivity contribution in [3.05, 3.63) is 30.1 Å². The van der Waals surface area contributed by atoms with E-state index in [0.717, 1.165) is 26.2 Å². The van der Waals surface area contributed by atoms with Crippen molar-refractivity contribution in [3.8, 4) is 5.75 Å². The Labute approximate surface area is 156 Å². The molecular weight excluding hydrogens is 333 g/mol. The van der Waals surface area contributed by atoms with Gasteiger partial charge in [-0.3, -0.25) is 9.69 Å². The van der Waals surface area contributed by atoms with Gasteiger partial charge in [-0.2, -0.15) is 0 Å². The lowest BCUT2D eigenvalue weighted by atomic mass is 10.0. The average molecular weight is 365 g/mol. The van der Waals surface area contributed by atoms with Gasteiger partial charge in [0.25, 0.3) is 5.91 Å². The standard InChI is InChI=1S/C20H32FN3O2/c1-15(2)18(24-12-10-23(5)11-13-24)14-22-19(25)20(3,4)26-17-8-6-16(21)7-9-17/h6-9,15,18H,10-14H2,1-5H3,(H,22,25). The fraction of sp³-hybridized carbons (Fsp3) is 0.650. The maximum absolute atomic E-state index is 13.0. The molecule has 0 saturated carbocycles. The first-order valence-corrected chi connectivity index (χ1v) is 9.34. The first-order chi connectivity index (χ1) is 12.2. The van der Waals surface area contributed by atoms with E-state index in [-0.39, 0.29) is 11.7 Å². The van der Waals surface area contributed by atoms with Crippen molar-refractivity contribution >= 4 is 5.91 Å². The number of hydrogen-bond donors (Lipinski definition) is 1. The van der Waals surface area contributed by atoms with Crippen LogP contribution in [0.4, 0.5) is 4.39 Å². The lowest BCUT2D eigenvalue weighted by Crippen LogP contribution is -2.56. The molecule has 1 aromatic rings. The lowest BCUT2D eigenvalue weighted by molar-refractivity contribution is -0.134. The van der Waals surface area contributed by atoms with Crippen LogP contribution in [0.1, 0.15) is 27.7 Å². The fourth-order valence-corrected chi connectivity index (χ4v) is 3.19. The van der Waals surface area contributed by atoms with Gasteiger partial charge < -0.3 is 15.0 Å². The monoisotopic (exact) mass is 365 g/mol. The number of piperazine rings is 1. The molecule has 1 aliphatic heterocycles. The fourth-order valence-electron chi connectivity index (χ4n) is 3.19. The van der Waals surface area contributed by atoms with E-state index in [0.29, 0.717) is 24.3 Å². The Morgan fingerprint density at radius 1 is 1.19 bits per heavy atom. The summed E-state index contributed by atoms with van der Waals surface area (Å²) in [6.07, 6.45) is 0. The van der Waals surface area contributed by atoms with E-state index in [9.17, 15) is 9.18 Å². The molecule has 1 amide bonds. The van der Waals surface area contributed by atoms with E-state index < -0.39 is 5.60 Å². The van der Waals surface area contributed by atoms with Gasteiger partial charge in [0.05, 0.1) is 0 Å². The number of benzene rings is 1. The predicted molar refractivity (Wildman–Crippen MR) is 102 cm³/mol. The van der Waals surface area contributed by atoms with Gasteiger partial charge in [-0.25, -0.2) is 4.39 Å². The van der Waals surface area contributed by atoms with Crippen LogP contribution in [-0.2, 0) is 4.79 Å². The van der Waals surface area contributed by atoms with Crippen LogP contribution in [0.25, 0.3) is 0 Å². The first kappa shape index (κ1) is 20.6. The summed E-state index contributed by atoms with van der Waals surface area (Å²) in [7, 11) is 2.14. The minimum absolute atomic E-state index is 0.165. The molecule has 26 heavy (non-hydrogen) atoms. The van der Waals surface area contributed by atoms with Crippen LogP contribution in [0.2, 0.25) is 0 Å². The predicted octanol–water partition coefficient (Wildman–Crippen LogP) is 2.37. The molecule has 1 N–H and O–H groups in total. The largest absolute Gasteiger partial charge is 0.478 e. The molecule has 5 nitrogen and oxygen atoms in total. The molecule has 1 atom stereocenters. The van der Waals surface area contributed by atoms with Crippen LogP contribution in [0.3, 0.4) is 0 Å². The average Bonchev–Trinajstić information content (AvgIpc) is 2.58. The molecule has 1 heterocycles. The number of likely N-dealkylation sites (N-methyl/N-ethyl adjacent to an activating group) is 1. The van der Waals surface area contributed by atoms with Crippen LogP contribution in [-0.4, -0.2) is 67.1 Å². The van der Waals surface area contributed by atoms with Gasteiger partial charge in [-0.05, 0) is 51.1 Å². The highest BCUT2D eigenvalue weighted by Gasteiger charge is 2.32. The van der Waals surface area contributed by atoms with E-state index in [1.165, 1.54) is 24.3 Å². The van der Waals surface area contributed by atoms with Gasteiger partial charge >= 0.3 is 0 Å². The van der Waals surface area contributed by atoms with Gasteiger partial charge in [0.1, 0.15) is 11.6 Å². The van der Waals surface area contributed by atoms with Gasteiger partial charge in [-0.1, -0.05) is 13.8 Å². The van der Waals surface area contributed by atoms with E-state index in [4.69, 9.17) is 4.74 Å². The summed E-state index contributed by atoms with van der Waals surface area (Å²) in [5.74, 6) is 0.430. The summed E-state index contributed by atoms with van der Waals surface area (Å²) in [6, 6.07) is 6.02. The molecule has 6 heteroatoms. The number of ether oxygens (including phenoxy) is 1. The van der Waals surface area contributed by atoms with E-state index in [1.54, 1.807) is 13.8 Å². The number of rotatable bonds is 7. The second-order valence-electron chi connectivity index (χ2n) is 7.93. The third kappa shape index (κ3) is 5.68. The van der Waals surface area contributed by atoms with Crippen molar-refractivity contribution in [2.24, 2.45) is 5.92 Å². The molecule has 1 aromatic carbocycles. The molecule has 0 spiro atoms. The number of carbonyl (C=O) groups is 1. The van der Waals surface area contributed by atoms with Crippen LogP contribution in [0, 0.1) is 11.7 Å². The van der Waals surface area contributed by atoms with Gasteiger partial charge in [0, 0.05) is 38.8 Å². The van der Waals surface area contributed by atoms with E-state index >= 15 is 0 Å². The van der Waals surface area contributed by atoms with E-state index in [1.807, 2.05) is 0 Å². The Bertz CT molecular complexity index is 581. The van der Waals surface area contributed by atoms with E-state index in [2.05, 4.69) is 36.0 Å². The normalized spacial score (nSPS) is 18.0. The Morgan fingerprint density at radius 2 is 1.77 bits per heavy atom. The second-order valence-corrected chi connectivity index (χ2v) is 7.93. The van der Waals surface area contributed by atoms with Gasteiger partial charge in [0.15, 0.2) is 5.60 Å². The zero-order valence-corrected chi connectivity index (χ0v) is 16.6. The molecule has 0 aromatic heterocycles. The highest BCUT2D eigenvalue weighted by Crippen LogP contribution is 2.19. The van der Waals surface area contributed by atoms with Crippen molar-refractivity contribution in [1.82, 2.24) is 15.1 Å². The molecule has 2 rings (SSSR count). The minimum Gasteiger partial charge on any atom is -0.478 e. The Balaban J connectivity index is 1.92. The summed E-state index contributed by atoms with van der Waals surface area (Å²) < 4.78 is 18.8. The summed E-state index contributed by atoms with van der Waals surface area (Å²) in [5.41, 5.74) is -1.03. The lowest BCUT2D eigenvalue weighted by Gasteiger charge is -2.40. The number of nitrogens with one attached hydrogen (secondary N) is 1.